The second-order valence-electron chi connectivity index (χ2n) is 5.71. The van der Waals surface area contributed by atoms with Gasteiger partial charge in [-0.25, -0.2) is 0 Å². The lowest BCUT2D eigenvalue weighted by atomic mass is 10.0. The Morgan fingerprint density at radius 1 is 1.35 bits per heavy atom. The number of carbonyl (C=O) groups is 1. The number of hydrogen-bond acceptors (Lipinski definition) is 3. The Balaban J connectivity index is 1.77. The molecule has 0 radical (unpaired) electrons. The SMILES string of the molecule is O=C(c1ccc2c(c1)CCC2)N1CCOC[C@H](CO)C1. The summed E-state index contributed by atoms with van der Waals surface area (Å²) in [4.78, 5) is 14.4. The molecule has 1 saturated heterocycles. The number of rotatable bonds is 2. The lowest BCUT2D eigenvalue weighted by Gasteiger charge is -2.23. The lowest BCUT2D eigenvalue weighted by Crippen LogP contribution is -2.36. The summed E-state index contributed by atoms with van der Waals surface area (Å²) in [5.41, 5.74) is 3.47. The summed E-state index contributed by atoms with van der Waals surface area (Å²) in [5.74, 6) is 0.0829. The molecule has 4 heteroatoms. The van der Waals surface area contributed by atoms with Crippen molar-refractivity contribution < 1.29 is 14.6 Å². The average molecular weight is 275 g/mol. The van der Waals surface area contributed by atoms with E-state index in [9.17, 15) is 9.90 Å². The third kappa shape index (κ3) is 2.72. The van der Waals surface area contributed by atoms with Crippen molar-refractivity contribution >= 4 is 5.91 Å². The van der Waals surface area contributed by atoms with E-state index in [1.54, 1.807) is 0 Å². The van der Waals surface area contributed by atoms with E-state index in [4.69, 9.17) is 4.74 Å². The molecule has 0 saturated carbocycles. The molecule has 108 valence electrons. The number of hydrogen-bond donors (Lipinski definition) is 1. The molecule has 1 fully saturated rings. The quantitative estimate of drug-likeness (QED) is 0.884. The van der Waals surface area contributed by atoms with Gasteiger partial charge in [-0.1, -0.05) is 6.07 Å². The molecule has 1 atom stereocenters. The van der Waals surface area contributed by atoms with Crippen molar-refractivity contribution in [1.29, 1.82) is 0 Å². The number of carbonyl (C=O) groups excluding carboxylic acids is 1. The largest absolute Gasteiger partial charge is 0.396 e. The predicted octanol–water partition coefficient (Wildman–Crippen LogP) is 1.26. The molecular formula is C16H21NO3. The Bertz CT molecular complexity index is 500. The minimum Gasteiger partial charge on any atom is -0.396 e. The van der Waals surface area contributed by atoms with Crippen LogP contribution in [0.25, 0.3) is 0 Å². The second-order valence-corrected chi connectivity index (χ2v) is 5.71. The van der Waals surface area contributed by atoms with E-state index < -0.39 is 0 Å². The fourth-order valence-electron chi connectivity index (χ4n) is 3.06. The third-order valence-electron chi connectivity index (χ3n) is 4.23. The highest BCUT2D eigenvalue weighted by Crippen LogP contribution is 2.23. The van der Waals surface area contributed by atoms with E-state index in [2.05, 4.69) is 6.07 Å². The average Bonchev–Trinajstić information content (AvgIpc) is 2.81. The van der Waals surface area contributed by atoms with Crippen molar-refractivity contribution in [3.8, 4) is 0 Å². The van der Waals surface area contributed by atoms with E-state index in [0.717, 1.165) is 18.4 Å². The Hall–Kier alpha value is -1.39. The van der Waals surface area contributed by atoms with Crippen molar-refractivity contribution in [3.05, 3.63) is 34.9 Å². The van der Waals surface area contributed by atoms with Crippen LogP contribution in [-0.2, 0) is 17.6 Å². The Morgan fingerprint density at radius 2 is 2.20 bits per heavy atom. The summed E-state index contributed by atoms with van der Waals surface area (Å²) in [6, 6.07) is 6.07. The molecule has 1 aromatic carbocycles. The zero-order chi connectivity index (χ0) is 13.9. The molecule has 2 aliphatic rings. The summed E-state index contributed by atoms with van der Waals surface area (Å²) in [6.07, 6.45) is 3.41. The molecule has 1 amide bonds. The molecular weight excluding hydrogens is 254 g/mol. The Morgan fingerprint density at radius 3 is 3.05 bits per heavy atom. The standard InChI is InChI=1S/C16H21NO3/c18-10-12-9-17(6-7-20-11-12)16(19)15-5-4-13-2-1-3-14(13)8-15/h4-5,8,12,18H,1-3,6-7,9-11H2/t12-/m0/s1. The van der Waals surface area contributed by atoms with E-state index in [1.165, 1.54) is 17.5 Å². The molecule has 0 aromatic heterocycles. The zero-order valence-corrected chi connectivity index (χ0v) is 11.7. The van der Waals surface area contributed by atoms with Crippen LogP contribution in [0, 0.1) is 5.92 Å². The second kappa shape index (κ2) is 5.94. The summed E-state index contributed by atoms with van der Waals surface area (Å²) in [6.45, 7) is 2.32. The van der Waals surface area contributed by atoms with Gasteiger partial charge in [0.1, 0.15) is 0 Å². The van der Waals surface area contributed by atoms with Crippen molar-refractivity contribution in [2.24, 2.45) is 5.92 Å². The normalized spacial score (nSPS) is 22.4. The number of benzene rings is 1. The molecule has 1 aliphatic heterocycles. The molecule has 0 spiro atoms. The Labute approximate surface area is 119 Å². The van der Waals surface area contributed by atoms with Crippen molar-refractivity contribution in [2.45, 2.75) is 19.3 Å². The van der Waals surface area contributed by atoms with Crippen LogP contribution in [0.4, 0.5) is 0 Å². The minimum absolute atomic E-state index is 0.0240. The van der Waals surface area contributed by atoms with Gasteiger partial charge in [-0.15, -0.1) is 0 Å². The molecule has 1 heterocycles. The highest BCUT2D eigenvalue weighted by molar-refractivity contribution is 5.94. The van der Waals surface area contributed by atoms with Crippen LogP contribution in [0.3, 0.4) is 0 Å². The maximum absolute atomic E-state index is 12.6. The van der Waals surface area contributed by atoms with E-state index in [1.807, 2.05) is 17.0 Å². The van der Waals surface area contributed by atoms with Crippen molar-refractivity contribution in [2.75, 3.05) is 32.9 Å². The third-order valence-corrected chi connectivity index (χ3v) is 4.23. The first kappa shape index (κ1) is 13.6. The highest BCUT2D eigenvalue weighted by atomic mass is 16.5. The number of ether oxygens (including phenoxy) is 1. The van der Waals surface area contributed by atoms with Crippen LogP contribution in [0.5, 0.6) is 0 Å². The molecule has 0 bridgehead atoms. The maximum Gasteiger partial charge on any atom is 0.253 e. The smallest absolute Gasteiger partial charge is 0.253 e. The van der Waals surface area contributed by atoms with Gasteiger partial charge in [0.2, 0.25) is 0 Å². The van der Waals surface area contributed by atoms with Gasteiger partial charge in [0.05, 0.1) is 13.2 Å². The number of aryl methyl sites for hydroxylation is 2. The van der Waals surface area contributed by atoms with Crippen LogP contribution in [0.15, 0.2) is 18.2 Å². The van der Waals surface area contributed by atoms with Gasteiger partial charge >= 0.3 is 0 Å². The van der Waals surface area contributed by atoms with Gasteiger partial charge in [-0.2, -0.15) is 0 Å². The number of nitrogens with zero attached hydrogens (tertiary/aromatic N) is 1. The van der Waals surface area contributed by atoms with Crippen molar-refractivity contribution in [1.82, 2.24) is 4.90 Å². The lowest BCUT2D eigenvalue weighted by molar-refractivity contribution is 0.0728. The minimum atomic E-state index is 0.0240. The van der Waals surface area contributed by atoms with Crippen LogP contribution < -0.4 is 0 Å². The molecule has 1 aliphatic carbocycles. The fourth-order valence-corrected chi connectivity index (χ4v) is 3.06. The highest BCUT2D eigenvalue weighted by Gasteiger charge is 2.24. The predicted molar refractivity (Wildman–Crippen MR) is 75.8 cm³/mol. The van der Waals surface area contributed by atoms with Gasteiger partial charge in [0, 0.05) is 31.2 Å². The maximum atomic E-state index is 12.6. The van der Waals surface area contributed by atoms with Crippen LogP contribution >= 0.6 is 0 Å². The molecule has 4 nitrogen and oxygen atoms in total. The zero-order valence-electron chi connectivity index (χ0n) is 11.7. The summed E-state index contributed by atoms with van der Waals surface area (Å²) < 4.78 is 5.43. The molecule has 1 N–H and O–H groups in total. The Kier molecular flexibility index (Phi) is 4.03. The summed E-state index contributed by atoms with van der Waals surface area (Å²) in [7, 11) is 0. The van der Waals surface area contributed by atoms with Crippen LogP contribution in [-0.4, -0.2) is 48.8 Å². The molecule has 0 unspecified atom stereocenters. The topological polar surface area (TPSA) is 49.8 Å². The number of fused-ring (bicyclic) bond motifs is 1. The first-order valence-corrected chi connectivity index (χ1v) is 7.37. The molecule has 1 aromatic rings. The number of amides is 1. The van der Waals surface area contributed by atoms with Crippen LogP contribution in [0.2, 0.25) is 0 Å². The monoisotopic (exact) mass is 275 g/mol. The number of aliphatic hydroxyl groups excluding tert-OH is 1. The van der Waals surface area contributed by atoms with Gasteiger partial charge < -0.3 is 14.7 Å². The summed E-state index contributed by atoms with van der Waals surface area (Å²) >= 11 is 0. The van der Waals surface area contributed by atoms with E-state index >= 15 is 0 Å². The van der Waals surface area contributed by atoms with Crippen molar-refractivity contribution in [3.63, 3.8) is 0 Å². The van der Waals surface area contributed by atoms with E-state index in [-0.39, 0.29) is 18.4 Å². The number of aliphatic hydroxyl groups is 1. The fraction of sp³-hybridized carbons (Fsp3) is 0.562. The van der Waals surface area contributed by atoms with E-state index in [0.29, 0.717) is 26.3 Å². The molecule has 3 rings (SSSR count). The van der Waals surface area contributed by atoms with Gasteiger partial charge in [-0.05, 0) is 42.5 Å². The first-order valence-electron chi connectivity index (χ1n) is 7.37. The summed E-state index contributed by atoms with van der Waals surface area (Å²) in [5, 5.41) is 9.30. The van der Waals surface area contributed by atoms with Gasteiger partial charge in [-0.3, -0.25) is 4.79 Å². The van der Waals surface area contributed by atoms with Gasteiger partial charge in [0.25, 0.3) is 5.91 Å². The first-order chi connectivity index (χ1) is 9.78. The van der Waals surface area contributed by atoms with Gasteiger partial charge in [0.15, 0.2) is 0 Å². The molecule has 20 heavy (non-hydrogen) atoms. The van der Waals surface area contributed by atoms with Crippen LogP contribution in [0.1, 0.15) is 27.9 Å².